The lowest BCUT2D eigenvalue weighted by Crippen LogP contribution is -2.01. The van der Waals surface area contributed by atoms with E-state index in [2.05, 4.69) is 83.1 Å². The molecule has 0 aliphatic rings. The Labute approximate surface area is 157 Å². The highest BCUT2D eigenvalue weighted by atomic mass is 35.5. The van der Waals surface area contributed by atoms with Crippen molar-refractivity contribution in [3.05, 3.63) is 84.4 Å². The lowest BCUT2D eigenvalue weighted by atomic mass is 10.1. The van der Waals surface area contributed by atoms with Gasteiger partial charge in [-0.3, -0.25) is 0 Å². The summed E-state index contributed by atoms with van der Waals surface area (Å²) in [5.74, 6) is 0.895. The molecular weight excluding hydrogens is 342 g/mol. The maximum absolute atomic E-state index is 4.78. The molecule has 5 aromatic rings. The molecule has 3 nitrogen and oxygen atoms in total. The van der Waals surface area contributed by atoms with Crippen LogP contribution in [0.4, 0.5) is 5.82 Å². The molecule has 2 aromatic heterocycles. The summed E-state index contributed by atoms with van der Waals surface area (Å²) in [7, 11) is 0. The van der Waals surface area contributed by atoms with Crippen LogP contribution in [0.2, 0.25) is 0 Å². The predicted molar refractivity (Wildman–Crippen MR) is 112 cm³/mol. The number of pyridine rings is 1. The van der Waals surface area contributed by atoms with Crippen LogP contribution < -0.4 is 5.32 Å². The van der Waals surface area contributed by atoms with Crippen LogP contribution in [0.25, 0.3) is 32.7 Å². The van der Waals surface area contributed by atoms with Gasteiger partial charge in [0.05, 0.1) is 11.0 Å². The fourth-order valence-corrected chi connectivity index (χ4v) is 3.41. The van der Waals surface area contributed by atoms with Gasteiger partial charge < -0.3 is 10.3 Å². The molecule has 26 heavy (non-hydrogen) atoms. The van der Waals surface area contributed by atoms with Crippen molar-refractivity contribution >= 4 is 50.9 Å². The molecular formula is C22H18ClN3. The van der Waals surface area contributed by atoms with Gasteiger partial charge in [-0.05, 0) is 29.8 Å². The third-order valence-electron chi connectivity index (χ3n) is 4.66. The van der Waals surface area contributed by atoms with Gasteiger partial charge in [0.2, 0.25) is 0 Å². The van der Waals surface area contributed by atoms with E-state index in [0.29, 0.717) is 0 Å². The minimum absolute atomic E-state index is 0. The van der Waals surface area contributed by atoms with Crippen LogP contribution in [0.15, 0.2) is 78.9 Å². The average Bonchev–Trinajstić information content (AvgIpc) is 3.06. The number of anilines is 1. The van der Waals surface area contributed by atoms with Crippen molar-refractivity contribution in [3.63, 3.8) is 0 Å². The first-order valence-corrected chi connectivity index (χ1v) is 8.46. The number of fused-ring (bicyclic) bond motifs is 5. The highest BCUT2D eigenvalue weighted by Crippen LogP contribution is 2.31. The average molecular weight is 360 g/mol. The molecule has 0 amide bonds. The summed E-state index contributed by atoms with van der Waals surface area (Å²) >= 11 is 0. The van der Waals surface area contributed by atoms with E-state index < -0.39 is 0 Å². The van der Waals surface area contributed by atoms with Crippen LogP contribution in [-0.2, 0) is 6.54 Å². The Balaban J connectivity index is 0.00000168. The number of nitrogens with one attached hydrogen (secondary N) is 2. The van der Waals surface area contributed by atoms with Crippen molar-refractivity contribution in [2.24, 2.45) is 0 Å². The van der Waals surface area contributed by atoms with E-state index in [-0.39, 0.29) is 12.4 Å². The highest BCUT2D eigenvalue weighted by Gasteiger charge is 2.08. The van der Waals surface area contributed by atoms with Crippen molar-refractivity contribution in [2.75, 3.05) is 5.32 Å². The molecule has 0 spiro atoms. The van der Waals surface area contributed by atoms with Crippen molar-refractivity contribution in [3.8, 4) is 0 Å². The van der Waals surface area contributed by atoms with E-state index in [1.165, 1.54) is 16.3 Å². The number of rotatable bonds is 3. The van der Waals surface area contributed by atoms with Gasteiger partial charge in [0.25, 0.3) is 0 Å². The van der Waals surface area contributed by atoms with Crippen molar-refractivity contribution in [1.82, 2.24) is 9.97 Å². The maximum Gasteiger partial charge on any atom is 0.126 e. The fraction of sp³-hybridized carbons (Fsp3) is 0.0455. The van der Waals surface area contributed by atoms with Crippen LogP contribution >= 0.6 is 12.4 Å². The molecule has 5 rings (SSSR count). The smallest absolute Gasteiger partial charge is 0.126 e. The third-order valence-corrected chi connectivity index (χ3v) is 4.66. The lowest BCUT2D eigenvalue weighted by molar-refractivity contribution is 1.12. The first-order valence-electron chi connectivity index (χ1n) is 8.46. The number of aromatic nitrogens is 2. The number of hydrogen-bond acceptors (Lipinski definition) is 2. The molecule has 3 aromatic carbocycles. The Hall–Kier alpha value is -3.04. The number of aromatic amines is 1. The summed E-state index contributed by atoms with van der Waals surface area (Å²) in [6.45, 7) is 0.772. The Morgan fingerprint density at radius 3 is 2.38 bits per heavy atom. The summed E-state index contributed by atoms with van der Waals surface area (Å²) in [5, 5.41) is 7.06. The first-order chi connectivity index (χ1) is 12.4. The Morgan fingerprint density at radius 2 is 1.50 bits per heavy atom. The van der Waals surface area contributed by atoms with Gasteiger partial charge in [0, 0.05) is 28.2 Å². The second kappa shape index (κ2) is 6.70. The van der Waals surface area contributed by atoms with Crippen molar-refractivity contribution in [2.45, 2.75) is 6.54 Å². The van der Waals surface area contributed by atoms with E-state index in [9.17, 15) is 0 Å². The summed E-state index contributed by atoms with van der Waals surface area (Å²) < 4.78 is 0. The van der Waals surface area contributed by atoms with E-state index in [1.54, 1.807) is 0 Å². The zero-order valence-corrected chi connectivity index (χ0v) is 14.9. The summed E-state index contributed by atoms with van der Waals surface area (Å²) in [5.41, 5.74) is 4.56. The van der Waals surface area contributed by atoms with Crippen LogP contribution in [0.1, 0.15) is 5.56 Å². The molecule has 0 aliphatic carbocycles. The van der Waals surface area contributed by atoms with Crippen LogP contribution in [0.3, 0.4) is 0 Å². The first kappa shape index (κ1) is 16.4. The SMILES string of the molecule is Cl.c1ccc(CNc2ccc3c(ccc4c5ccccc5[nH]c34)n2)cc1. The minimum Gasteiger partial charge on any atom is -0.366 e. The van der Waals surface area contributed by atoms with Gasteiger partial charge in [-0.2, -0.15) is 0 Å². The van der Waals surface area contributed by atoms with E-state index in [0.717, 1.165) is 34.3 Å². The lowest BCUT2D eigenvalue weighted by Gasteiger charge is -2.07. The van der Waals surface area contributed by atoms with Gasteiger partial charge in [-0.15, -0.1) is 12.4 Å². The molecule has 0 saturated heterocycles. The van der Waals surface area contributed by atoms with E-state index in [1.807, 2.05) is 6.07 Å². The van der Waals surface area contributed by atoms with Crippen molar-refractivity contribution < 1.29 is 0 Å². The largest absolute Gasteiger partial charge is 0.366 e. The molecule has 0 saturated carbocycles. The number of halogens is 1. The summed E-state index contributed by atoms with van der Waals surface area (Å²) in [4.78, 5) is 8.32. The molecule has 0 atom stereocenters. The molecule has 4 heteroatoms. The topological polar surface area (TPSA) is 40.7 Å². The molecule has 2 N–H and O–H groups in total. The zero-order valence-electron chi connectivity index (χ0n) is 14.1. The van der Waals surface area contributed by atoms with E-state index >= 15 is 0 Å². The van der Waals surface area contributed by atoms with Gasteiger partial charge >= 0.3 is 0 Å². The minimum atomic E-state index is 0. The quantitative estimate of drug-likeness (QED) is 0.421. The van der Waals surface area contributed by atoms with Gasteiger partial charge in [0.15, 0.2) is 0 Å². The molecule has 0 fully saturated rings. The van der Waals surface area contributed by atoms with Gasteiger partial charge in [0.1, 0.15) is 5.82 Å². The monoisotopic (exact) mass is 359 g/mol. The van der Waals surface area contributed by atoms with Gasteiger partial charge in [-0.25, -0.2) is 4.98 Å². The van der Waals surface area contributed by atoms with Gasteiger partial charge in [-0.1, -0.05) is 54.6 Å². The molecule has 0 aliphatic heterocycles. The second-order valence-corrected chi connectivity index (χ2v) is 6.26. The van der Waals surface area contributed by atoms with Crippen LogP contribution in [0.5, 0.6) is 0 Å². The van der Waals surface area contributed by atoms with Crippen molar-refractivity contribution in [1.29, 1.82) is 0 Å². The summed E-state index contributed by atoms with van der Waals surface area (Å²) in [6.07, 6.45) is 0. The number of para-hydroxylation sites is 1. The number of H-pyrrole nitrogens is 1. The van der Waals surface area contributed by atoms with Crippen LogP contribution in [0, 0.1) is 0 Å². The molecule has 128 valence electrons. The second-order valence-electron chi connectivity index (χ2n) is 6.26. The number of nitrogens with zero attached hydrogens (tertiary/aromatic N) is 1. The summed E-state index contributed by atoms with van der Waals surface area (Å²) in [6, 6.07) is 27.2. The fourth-order valence-electron chi connectivity index (χ4n) is 3.41. The molecule has 0 bridgehead atoms. The van der Waals surface area contributed by atoms with Crippen LogP contribution in [-0.4, -0.2) is 9.97 Å². The molecule has 2 heterocycles. The normalized spacial score (nSPS) is 10.9. The standard InChI is InChI=1S/C22H17N3.ClH/c1-2-6-15(7-3-1)14-23-21-13-11-18-20(24-21)12-10-17-16-8-4-5-9-19(16)25-22(17)18;/h1-13,25H,14H2,(H,23,24);1H. The number of hydrogen-bond donors (Lipinski definition) is 2. The highest BCUT2D eigenvalue weighted by molar-refractivity contribution is 6.16. The zero-order chi connectivity index (χ0) is 16.6. The maximum atomic E-state index is 4.78. The Bertz CT molecular complexity index is 1200. The molecule has 0 radical (unpaired) electrons. The molecule has 0 unspecified atom stereocenters. The Kier molecular flexibility index (Phi) is 4.23. The predicted octanol–water partition coefficient (Wildman–Crippen LogP) is 5.90. The Morgan fingerprint density at radius 1 is 0.731 bits per heavy atom. The third kappa shape index (κ3) is 2.76. The van der Waals surface area contributed by atoms with E-state index in [4.69, 9.17) is 4.98 Å². The number of benzene rings is 3.